The van der Waals surface area contributed by atoms with Crippen LogP contribution in [0.1, 0.15) is 25.0 Å². The summed E-state index contributed by atoms with van der Waals surface area (Å²) in [6.07, 6.45) is 0. The van der Waals surface area contributed by atoms with Gasteiger partial charge in [-0.2, -0.15) is 0 Å². The summed E-state index contributed by atoms with van der Waals surface area (Å²) in [4.78, 5) is 10.6. The van der Waals surface area contributed by atoms with Crippen LogP contribution in [0, 0.1) is 0 Å². The minimum atomic E-state index is -0.257. The van der Waals surface area contributed by atoms with Gasteiger partial charge in [0.05, 0.1) is 33.5 Å². The van der Waals surface area contributed by atoms with Gasteiger partial charge in [-0.05, 0) is 123 Å². The molecule has 0 saturated heterocycles. The van der Waals surface area contributed by atoms with Crippen LogP contribution in [0.3, 0.4) is 0 Å². The first-order valence-corrected chi connectivity index (χ1v) is 24.5. The lowest BCUT2D eigenvalue weighted by atomic mass is 9.81. The molecule has 3 heterocycles. The fraction of sp³-hybridized carbons (Fsp3) is 0.0448. The summed E-state index contributed by atoms with van der Waals surface area (Å²) in [6.45, 7) is 4.72. The van der Waals surface area contributed by atoms with Gasteiger partial charge in [0.15, 0.2) is 5.82 Å². The molecular weight excluding hydrogens is 861 g/mol. The van der Waals surface area contributed by atoms with Crippen molar-refractivity contribution in [3.8, 4) is 78.7 Å². The summed E-state index contributed by atoms with van der Waals surface area (Å²) in [5, 5.41) is 4.94. The fourth-order valence-corrected chi connectivity index (χ4v) is 11.5. The van der Waals surface area contributed by atoms with Crippen LogP contribution >= 0.6 is 0 Å². The number of hydrogen-bond donors (Lipinski definition) is 0. The van der Waals surface area contributed by atoms with E-state index >= 15 is 0 Å². The maximum Gasteiger partial charge on any atom is 0.161 e. The smallest absolute Gasteiger partial charge is 0.161 e. The highest BCUT2D eigenvalue weighted by Gasteiger charge is 2.38. The van der Waals surface area contributed by atoms with E-state index in [1.165, 1.54) is 88.1 Å². The average Bonchev–Trinajstić information content (AvgIpc) is 4.03. The third-order valence-electron chi connectivity index (χ3n) is 14.9. The summed E-state index contributed by atoms with van der Waals surface area (Å²) in [7, 11) is 0. The van der Waals surface area contributed by atoms with Crippen LogP contribution in [0.15, 0.2) is 243 Å². The highest BCUT2D eigenvalue weighted by Crippen LogP contribution is 2.53. The van der Waals surface area contributed by atoms with Crippen molar-refractivity contribution in [1.82, 2.24) is 19.1 Å². The van der Waals surface area contributed by atoms with E-state index in [2.05, 4.69) is 254 Å². The van der Waals surface area contributed by atoms with Crippen LogP contribution in [-0.4, -0.2) is 19.1 Å². The Hall–Kier alpha value is -9.12. The summed E-state index contributed by atoms with van der Waals surface area (Å²) >= 11 is 0. The zero-order valence-electron chi connectivity index (χ0n) is 39.4. The van der Waals surface area contributed by atoms with E-state index in [1.54, 1.807) is 0 Å². The van der Waals surface area contributed by atoms with Crippen LogP contribution in [0.4, 0.5) is 0 Å². The minimum absolute atomic E-state index is 0.257. The van der Waals surface area contributed by atoms with Crippen molar-refractivity contribution in [3.05, 3.63) is 254 Å². The van der Waals surface area contributed by atoms with E-state index in [4.69, 9.17) is 9.97 Å². The quantitative estimate of drug-likeness (QED) is 0.160. The monoisotopic (exact) mass is 906 g/mol. The molecule has 0 aliphatic heterocycles. The van der Waals surface area contributed by atoms with Crippen LogP contribution < -0.4 is 0 Å². The molecule has 4 nitrogen and oxygen atoms in total. The number of fused-ring (bicyclic) bond motifs is 9. The average molecular weight is 907 g/mol. The van der Waals surface area contributed by atoms with E-state index in [0.29, 0.717) is 0 Å². The van der Waals surface area contributed by atoms with Crippen molar-refractivity contribution in [3.63, 3.8) is 0 Å². The van der Waals surface area contributed by atoms with E-state index in [0.717, 1.165) is 45.3 Å². The molecule has 1 aliphatic carbocycles. The molecule has 3 aromatic heterocycles. The molecule has 0 fully saturated rings. The first-order chi connectivity index (χ1) is 35.0. The van der Waals surface area contributed by atoms with Crippen molar-refractivity contribution in [2.24, 2.45) is 0 Å². The molecular formula is C67H46N4. The van der Waals surface area contributed by atoms with Gasteiger partial charge in [-0.25, -0.2) is 9.97 Å². The molecule has 0 bridgehead atoms. The molecule has 4 heteroatoms. The Morgan fingerprint density at radius 2 is 0.746 bits per heavy atom. The molecule has 71 heavy (non-hydrogen) atoms. The van der Waals surface area contributed by atoms with Gasteiger partial charge >= 0.3 is 0 Å². The Labute approximate surface area is 412 Å². The zero-order chi connectivity index (χ0) is 47.2. The molecule has 0 radical (unpaired) electrons. The summed E-state index contributed by atoms with van der Waals surface area (Å²) < 4.78 is 4.79. The third kappa shape index (κ3) is 6.52. The molecule has 0 unspecified atom stereocenters. The second-order valence-electron chi connectivity index (χ2n) is 19.4. The largest absolute Gasteiger partial charge is 0.309 e. The molecule has 0 spiro atoms. The summed E-state index contributed by atoms with van der Waals surface area (Å²) in [5.41, 5.74) is 21.6. The molecule has 0 atom stereocenters. The van der Waals surface area contributed by atoms with Crippen LogP contribution in [0.25, 0.3) is 122 Å². The number of hydrogen-bond acceptors (Lipinski definition) is 2. The van der Waals surface area contributed by atoms with Crippen LogP contribution in [0.2, 0.25) is 0 Å². The Bertz CT molecular complexity index is 4160. The number of para-hydroxylation sites is 3. The molecule has 0 N–H and O–H groups in total. The van der Waals surface area contributed by atoms with Gasteiger partial charge in [-0.3, -0.25) is 0 Å². The molecule has 13 aromatic rings. The second kappa shape index (κ2) is 16.0. The van der Waals surface area contributed by atoms with Gasteiger partial charge in [-0.1, -0.05) is 178 Å². The molecule has 334 valence electrons. The minimum Gasteiger partial charge on any atom is -0.309 e. The Morgan fingerprint density at radius 1 is 0.310 bits per heavy atom. The molecule has 0 saturated carbocycles. The highest BCUT2D eigenvalue weighted by atomic mass is 15.0. The number of nitrogens with zero attached hydrogens (tertiary/aromatic N) is 4. The van der Waals surface area contributed by atoms with Crippen molar-refractivity contribution in [2.45, 2.75) is 19.3 Å². The van der Waals surface area contributed by atoms with Gasteiger partial charge in [0.25, 0.3) is 0 Å². The number of rotatable bonds is 7. The lowest BCUT2D eigenvalue weighted by Gasteiger charge is -2.22. The number of benzene rings is 10. The van der Waals surface area contributed by atoms with Crippen LogP contribution in [-0.2, 0) is 5.41 Å². The predicted molar refractivity (Wildman–Crippen MR) is 295 cm³/mol. The Balaban J connectivity index is 0.905. The van der Waals surface area contributed by atoms with Crippen LogP contribution in [0.5, 0.6) is 0 Å². The van der Waals surface area contributed by atoms with Gasteiger partial charge in [0.2, 0.25) is 0 Å². The zero-order valence-corrected chi connectivity index (χ0v) is 39.4. The molecule has 0 amide bonds. The molecule has 14 rings (SSSR count). The molecule has 10 aromatic carbocycles. The van der Waals surface area contributed by atoms with Gasteiger partial charge in [-0.15, -0.1) is 0 Å². The lowest BCUT2D eigenvalue weighted by Crippen LogP contribution is -2.15. The van der Waals surface area contributed by atoms with Crippen molar-refractivity contribution in [2.75, 3.05) is 0 Å². The third-order valence-corrected chi connectivity index (χ3v) is 14.9. The fourth-order valence-electron chi connectivity index (χ4n) is 11.5. The van der Waals surface area contributed by atoms with E-state index in [1.807, 2.05) is 12.1 Å². The van der Waals surface area contributed by atoms with Crippen molar-refractivity contribution >= 4 is 43.6 Å². The Kier molecular flexibility index (Phi) is 9.21. The Morgan fingerprint density at radius 3 is 1.28 bits per heavy atom. The van der Waals surface area contributed by atoms with Gasteiger partial charge in [0, 0.05) is 55.0 Å². The predicted octanol–water partition coefficient (Wildman–Crippen LogP) is 17.3. The SMILES string of the molecule is CC1(C)c2cc(-c3ccc4c(c3)c3cc(-c5ccc6c(c5)c5ccccc5n6-c5ccccc5)ccc3n4-c3ccccc3)ccc2-c2c(-c3nc(-c4ccccc4)cc(-c4ccccc4)n3)cccc21. The summed E-state index contributed by atoms with van der Waals surface area (Å²) in [6, 6.07) is 87.9. The molecule has 1 aliphatic rings. The highest BCUT2D eigenvalue weighted by molar-refractivity contribution is 6.13. The topological polar surface area (TPSA) is 35.6 Å². The standard InChI is InChI=1S/C67H46N4/c1-67(2)57-28-17-27-53(66-68-59(43-18-7-3-8-19-43)42-60(69-66)44-20-9-4-10-21-44)65(57)52-34-30-48(41-58(52)67)47-33-37-64-56(40-47)55-39-46(32-36-63(55)71(64)50-24-13-6-14-25-50)45-31-35-62-54(38-45)51-26-15-16-29-61(51)70(62)49-22-11-5-12-23-49/h3-42H,1-2H3. The maximum atomic E-state index is 5.29. The van der Waals surface area contributed by atoms with Crippen molar-refractivity contribution < 1.29 is 0 Å². The van der Waals surface area contributed by atoms with E-state index < -0.39 is 0 Å². The number of aromatic nitrogens is 4. The lowest BCUT2D eigenvalue weighted by molar-refractivity contribution is 0.660. The second-order valence-corrected chi connectivity index (χ2v) is 19.4. The van der Waals surface area contributed by atoms with Crippen molar-refractivity contribution in [1.29, 1.82) is 0 Å². The first-order valence-electron chi connectivity index (χ1n) is 24.5. The summed E-state index contributed by atoms with van der Waals surface area (Å²) in [5.74, 6) is 0.730. The van der Waals surface area contributed by atoms with Gasteiger partial charge in [0.1, 0.15) is 0 Å². The first kappa shape index (κ1) is 40.9. The van der Waals surface area contributed by atoms with E-state index in [-0.39, 0.29) is 5.41 Å². The maximum absolute atomic E-state index is 5.29. The normalized spacial score (nSPS) is 12.8. The van der Waals surface area contributed by atoms with E-state index in [9.17, 15) is 0 Å². The van der Waals surface area contributed by atoms with Gasteiger partial charge < -0.3 is 9.13 Å².